The molecule has 2 aromatic rings. The van der Waals surface area contributed by atoms with Gasteiger partial charge in [-0.05, 0) is 51.9 Å². The first-order valence-corrected chi connectivity index (χ1v) is 9.51. The quantitative estimate of drug-likeness (QED) is 0.707. The van der Waals surface area contributed by atoms with E-state index in [4.69, 9.17) is 9.72 Å². The minimum Gasteiger partial charge on any atom is -0.384 e. The van der Waals surface area contributed by atoms with E-state index >= 15 is 0 Å². The van der Waals surface area contributed by atoms with Gasteiger partial charge in [-0.25, -0.2) is 4.98 Å². The largest absolute Gasteiger partial charge is 0.384 e. The summed E-state index contributed by atoms with van der Waals surface area (Å²) in [6.07, 6.45) is 2.36. The van der Waals surface area contributed by atoms with Crippen molar-refractivity contribution in [3.05, 3.63) is 30.1 Å². The molecule has 1 aliphatic rings. The van der Waals surface area contributed by atoms with Crippen molar-refractivity contribution in [2.75, 3.05) is 33.4 Å². The molecule has 28 heavy (non-hydrogen) atoms. The SMILES string of the molecule is COCC1(C(=O)NCCc2nc3ccccc3n2C(C)C)CCNCC1.Cl.Cl. The van der Waals surface area contributed by atoms with Gasteiger partial charge in [0, 0.05) is 26.1 Å². The standard InChI is InChI=1S/C20H30N4O2.2ClH/c1-15(2)24-17-7-5-4-6-16(17)23-18(24)8-11-22-19(25)20(14-26-3)9-12-21-13-10-20;;/h4-7,15,21H,8-14H2,1-3H3,(H,22,25);2*1H. The van der Waals surface area contributed by atoms with E-state index in [9.17, 15) is 4.79 Å². The number of amides is 1. The highest BCUT2D eigenvalue weighted by molar-refractivity contribution is 5.85. The normalized spacial score (nSPS) is 15.7. The Balaban J connectivity index is 0.00000196. The number of aromatic nitrogens is 2. The summed E-state index contributed by atoms with van der Waals surface area (Å²) in [5, 5.41) is 6.46. The summed E-state index contributed by atoms with van der Waals surface area (Å²) in [5.41, 5.74) is 1.76. The molecule has 2 N–H and O–H groups in total. The average Bonchev–Trinajstić information content (AvgIpc) is 3.01. The maximum atomic E-state index is 12.8. The second kappa shape index (κ2) is 11.0. The smallest absolute Gasteiger partial charge is 0.228 e. The van der Waals surface area contributed by atoms with Crippen LogP contribution in [-0.2, 0) is 16.0 Å². The highest BCUT2D eigenvalue weighted by atomic mass is 35.5. The van der Waals surface area contributed by atoms with Crippen molar-refractivity contribution in [3.63, 3.8) is 0 Å². The number of piperidine rings is 1. The first-order valence-electron chi connectivity index (χ1n) is 9.51. The van der Waals surface area contributed by atoms with Crippen molar-refractivity contribution in [3.8, 4) is 0 Å². The van der Waals surface area contributed by atoms with E-state index in [1.165, 1.54) is 0 Å². The molecule has 0 aliphatic carbocycles. The molecule has 0 radical (unpaired) electrons. The zero-order chi connectivity index (χ0) is 18.6. The third-order valence-corrected chi connectivity index (χ3v) is 5.28. The van der Waals surface area contributed by atoms with Gasteiger partial charge in [0.1, 0.15) is 5.82 Å². The monoisotopic (exact) mass is 430 g/mol. The number of methoxy groups -OCH3 is 1. The van der Waals surface area contributed by atoms with Crippen LogP contribution in [0.4, 0.5) is 0 Å². The van der Waals surface area contributed by atoms with Crippen LogP contribution in [0.2, 0.25) is 0 Å². The summed E-state index contributed by atoms with van der Waals surface area (Å²) in [6, 6.07) is 8.53. The Hall–Kier alpha value is -1.34. The van der Waals surface area contributed by atoms with Crippen molar-refractivity contribution in [1.29, 1.82) is 0 Å². The minimum absolute atomic E-state index is 0. The van der Waals surface area contributed by atoms with E-state index in [-0.39, 0.29) is 30.7 Å². The molecule has 1 aliphatic heterocycles. The van der Waals surface area contributed by atoms with Crippen LogP contribution in [-0.4, -0.2) is 48.8 Å². The van der Waals surface area contributed by atoms with Crippen LogP contribution >= 0.6 is 24.8 Å². The molecule has 2 heterocycles. The molecule has 158 valence electrons. The third-order valence-electron chi connectivity index (χ3n) is 5.28. The van der Waals surface area contributed by atoms with Crippen LogP contribution in [0.1, 0.15) is 38.6 Å². The molecule has 1 aromatic heterocycles. The maximum Gasteiger partial charge on any atom is 0.228 e. The fraction of sp³-hybridized carbons (Fsp3) is 0.600. The van der Waals surface area contributed by atoms with Crippen LogP contribution in [0.3, 0.4) is 0 Å². The molecule has 6 nitrogen and oxygen atoms in total. The summed E-state index contributed by atoms with van der Waals surface area (Å²) in [6.45, 7) is 7.12. The van der Waals surface area contributed by atoms with E-state index < -0.39 is 5.41 Å². The Kier molecular flexibility index (Phi) is 9.70. The number of rotatable bonds is 7. The topological polar surface area (TPSA) is 68.2 Å². The fourth-order valence-corrected chi connectivity index (χ4v) is 3.94. The molecule has 3 rings (SSSR count). The zero-order valence-corrected chi connectivity index (χ0v) is 18.5. The fourth-order valence-electron chi connectivity index (χ4n) is 3.94. The summed E-state index contributed by atoms with van der Waals surface area (Å²) in [4.78, 5) is 17.6. The van der Waals surface area contributed by atoms with E-state index in [0.29, 0.717) is 19.2 Å². The summed E-state index contributed by atoms with van der Waals surface area (Å²) < 4.78 is 7.62. The third kappa shape index (κ3) is 5.17. The van der Waals surface area contributed by atoms with Crippen molar-refractivity contribution in [2.24, 2.45) is 5.41 Å². The minimum atomic E-state index is -0.405. The Labute approximate surface area is 179 Å². The van der Waals surface area contributed by atoms with Gasteiger partial charge >= 0.3 is 0 Å². The Morgan fingerprint density at radius 3 is 2.61 bits per heavy atom. The number of carbonyl (C=O) groups excluding carboxylic acids is 1. The molecule has 0 atom stereocenters. The van der Waals surface area contributed by atoms with Gasteiger partial charge < -0.3 is 19.9 Å². The molecule has 1 amide bonds. The van der Waals surface area contributed by atoms with Crippen LogP contribution in [0.5, 0.6) is 0 Å². The Morgan fingerprint density at radius 2 is 1.96 bits per heavy atom. The number of hydrogen-bond acceptors (Lipinski definition) is 4. The van der Waals surface area contributed by atoms with Crippen molar-refractivity contribution in [2.45, 2.75) is 39.2 Å². The number of carbonyl (C=O) groups is 1. The number of fused-ring (bicyclic) bond motifs is 1. The average molecular weight is 431 g/mol. The van der Waals surface area contributed by atoms with Crippen molar-refractivity contribution in [1.82, 2.24) is 20.2 Å². The lowest BCUT2D eigenvalue weighted by molar-refractivity contribution is -0.136. The second-order valence-electron chi connectivity index (χ2n) is 7.45. The van der Waals surface area contributed by atoms with Crippen LogP contribution in [0.15, 0.2) is 24.3 Å². The Morgan fingerprint density at radius 1 is 1.29 bits per heavy atom. The van der Waals surface area contributed by atoms with Gasteiger partial charge in [-0.1, -0.05) is 12.1 Å². The number of halogens is 2. The van der Waals surface area contributed by atoms with Crippen molar-refractivity contribution >= 4 is 41.8 Å². The lowest BCUT2D eigenvalue weighted by atomic mass is 9.78. The predicted octanol–water partition coefficient (Wildman–Crippen LogP) is 3.14. The number of ether oxygens (including phenoxy) is 1. The van der Waals surface area contributed by atoms with E-state index in [2.05, 4.69) is 35.1 Å². The molecule has 0 bridgehead atoms. The van der Waals surface area contributed by atoms with E-state index in [0.717, 1.165) is 49.2 Å². The molecule has 1 aromatic carbocycles. The molecular weight excluding hydrogens is 399 g/mol. The summed E-state index contributed by atoms with van der Waals surface area (Å²) in [5.74, 6) is 1.13. The Bertz CT molecular complexity index is 752. The van der Waals surface area contributed by atoms with Crippen LogP contribution in [0, 0.1) is 5.41 Å². The maximum absolute atomic E-state index is 12.8. The first-order chi connectivity index (χ1) is 12.6. The number of imidazole rings is 1. The number of hydrogen-bond donors (Lipinski definition) is 2. The van der Waals surface area contributed by atoms with E-state index in [1.54, 1.807) is 7.11 Å². The molecule has 8 heteroatoms. The van der Waals surface area contributed by atoms with Gasteiger partial charge in [0.05, 0.1) is 23.1 Å². The van der Waals surface area contributed by atoms with E-state index in [1.807, 2.05) is 18.2 Å². The molecule has 1 saturated heterocycles. The lowest BCUT2D eigenvalue weighted by Crippen LogP contribution is -2.50. The van der Waals surface area contributed by atoms with Crippen LogP contribution < -0.4 is 10.6 Å². The van der Waals surface area contributed by atoms with Gasteiger partial charge in [0.25, 0.3) is 0 Å². The first kappa shape index (κ1) is 24.7. The zero-order valence-electron chi connectivity index (χ0n) is 16.9. The molecular formula is C20H32Cl2N4O2. The van der Waals surface area contributed by atoms with Gasteiger partial charge in [-0.3, -0.25) is 4.79 Å². The highest BCUT2D eigenvalue weighted by Crippen LogP contribution is 2.29. The van der Waals surface area contributed by atoms with Gasteiger partial charge in [-0.15, -0.1) is 24.8 Å². The van der Waals surface area contributed by atoms with Gasteiger partial charge in [0.15, 0.2) is 0 Å². The molecule has 1 fully saturated rings. The highest BCUT2D eigenvalue weighted by Gasteiger charge is 2.39. The second-order valence-corrected chi connectivity index (χ2v) is 7.45. The van der Waals surface area contributed by atoms with Gasteiger partial charge in [0.2, 0.25) is 5.91 Å². The number of para-hydroxylation sites is 2. The van der Waals surface area contributed by atoms with Gasteiger partial charge in [-0.2, -0.15) is 0 Å². The number of nitrogens with zero attached hydrogens (tertiary/aromatic N) is 2. The molecule has 0 spiro atoms. The predicted molar refractivity (Wildman–Crippen MR) is 118 cm³/mol. The van der Waals surface area contributed by atoms with Crippen LogP contribution in [0.25, 0.3) is 11.0 Å². The number of benzene rings is 1. The molecule has 0 unspecified atom stereocenters. The number of nitrogens with one attached hydrogen (secondary N) is 2. The summed E-state index contributed by atoms with van der Waals surface area (Å²) in [7, 11) is 1.67. The molecule has 0 saturated carbocycles. The lowest BCUT2D eigenvalue weighted by Gasteiger charge is -2.35. The summed E-state index contributed by atoms with van der Waals surface area (Å²) >= 11 is 0. The van der Waals surface area contributed by atoms with Crippen molar-refractivity contribution < 1.29 is 9.53 Å².